The summed E-state index contributed by atoms with van der Waals surface area (Å²) >= 11 is 11.0. The van der Waals surface area contributed by atoms with Crippen molar-refractivity contribution in [2.45, 2.75) is 31.8 Å². The second-order valence-electron chi connectivity index (χ2n) is 8.12. The average molecular weight is 540 g/mol. The molecule has 1 aliphatic heterocycles. The second-order valence-corrected chi connectivity index (χ2v) is 8.97. The van der Waals surface area contributed by atoms with Crippen molar-refractivity contribution < 1.29 is 23.1 Å². The molecule has 1 saturated carbocycles. The number of amides is 2. The van der Waals surface area contributed by atoms with Crippen LogP contribution in [0, 0.1) is 11.6 Å². The number of methoxy groups -OCH3 is 1. The summed E-state index contributed by atoms with van der Waals surface area (Å²) in [6, 6.07) is 6.69. The maximum absolute atomic E-state index is 13.4. The van der Waals surface area contributed by atoms with Crippen molar-refractivity contribution in [2.24, 2.45) is 16.5 Å². The standard InChI is InChI=1S/C17H13ClF2N4OS.C4H9NO2.C3H6/c18-13-2-1-8(3-12(13)15(21)26)7-24-16(25)14(23-17(24)22)9-4-10(19)6-11(20)5-9;1-5(2)4(6)7-3;1-2-3-1/h1-6,14H,7H2,(H2,21,26)(H2,22,23);1-3H3;1-3H2. The molecule has 0 saturated heterocycles. The van der Waals surface area contributed by atoms with Gasteiger partial charge in [0.15, 0.2) is 12.0 Å². The van der Waals surface area contributed by atoms with Gasteiger partial charge in [0.25, 0.3) is 5.91 Å². The molecule has 0 aromatic heterocycles. The summed E-state index contributed by atoms with van der Waals surface area (Å²) in [6.07, 6.45) is 4.18. The fourth-order valence-electron chi connectivity index (χ4n) is 2.85. The number of aliphatic imine (C=N–C) groups is 1. The van der Waals surface area contributed by atoms with E-state index in [4.69, 9.17) is 35.3 Å². The van der Waals surface area contributed by atoms with Gasteiger partial charge in [0.1, 0.15) is 16.6 Å². The Morgan fingerprint density at radius 1 is 1.19 bits per heavy atom. The summed E-state index contributed by atoms with van der Waals surface area (Å²) in [4.78, 5) is 29.6. The predicted octanol–water partition coefficient (Wildman–Crippen LogP) is 4.14. The number of thiocarbonyl (C=S) groups is 1. The van der Waals surface area contributed by atoms with Crippen LogP contribution in [0.15, 0.2) is 41.4 Å². The summed E-state index contributed by atoms with van der Waals surface area (Å²) < 4.78 is 31.2. The first-order chi connectivity index (χ1) is 16.9. The number of hydrogen-bond acceptors (Lipinski definition) is 6. The highest BCUT2D eigenvalue weighted by Gasteiger charge is 2.35. The first kappa shape index (κ1) is 28.9. The Hall–Kier alpha value is -3.31. The maximum Gasteiger partial charge on any atom is 0.408 e. The summed E-state index contributed by atoms with van der Waals surface area (Å²) in [5.41, 5.74) is 12.7. The number of nitrogens with zero attached hydrogens (tertiary/aromatic N) is 3. The zero-order valence-corrected chi connectivity index (χ0v) is 21.7. The molecule has 2 amide bonds. The van der Waals surface area contributed by atoms with E-state index in [0.29, 0.717) is 16.1 Å². The minimum atomic E-state index is -1.09. The molecule has 0 bridgehead atoms. The molecule has 12 heteroatoms. The Morgan fingerprint density at radius 2 is 1.78 bits per heavy atom. The molecule has 8 nitrogen and oxygen atoms in total. The zero-order valence-electron chi connectivity index (χ0n) is 20.1. The molecule has 1 atom stereocenters. The van der Waals surface area contributed by atoms with Gasteiger partial charge in [0.05, 0.1) is 18.7 Å². The predicted molar refractivity (Wildman–Crippen MR) is 139 cm³/mol. The first-order valence-corrected chi connectivity index (χ1v) is 11.7. The van der Waals surface area contributed by atoms with Gasteiger partial charge in [-0.3, -0.25) is 9.69 Å². The topological polar surface area (TPSA) is 114 Å². The lowest BCUT2D eigenvalue weighted by molar-refractivity contribution is -0.127. The van der Waals surface area contributed by atoms with Crippen LogP contribution in [0.25, 0.3) is 0 Å². The molecule has 0 radical (unpaired) electrons. The van der Waals surface area contributed by atoms with Crippen molar-refractivity contribution in [3.8, 4) is 0 Å². The molecule has 4 rings (SSSR count). The van der Waals surface area contributed by atoms with Crippen LogP contribution in [0.4, 0.5) is 13.6 Å². The van der Waals surface area contributed by atoms with Gasteiger partial charge in [-0.2, -0.15) is 0 Å². The Bertz CT molecular complexity index is 1140. The van der Waals surface area contributed by atoms with Crippen molar-refractivity contribution in [1.29, 1.82) is 0 Å². The van der Waals surface area contributed by atoms with Crippen LogP contribution in [0.5, 0.6) is 0 Å². The minimum absolute atomic E-state index is 0.0449. The van der Waals surface area contributed by atoms with E-state index >= 15 is 0 Å². The molecule has 4 N–H and O–H groups in total. The Labute approximate surface area is 218 Å². The molecule has 1 aliphatic carbocycles. The summed E-state index contributed by atoms with van der Waals surface area (Å²) in [5, 5.41) is 0.392. The van der Waals surface area contributed by atoms with Gasteiger partial charge in [-0.15, -0.1) is 0 Å². The van der Waals surface area contributed by atoms with Crippen molar-refractivity contribution >= 4 is 46.8 Å². The number of carbonyl (C=O) groups excluding carboxylic acids is 2. The average Bonchev–Trinajstić information content (AvgIpc) is 3.67. The highest BCUT2D eigenvalue weighted by Crippen LogP contribution is 2.28. The van der Waals surface area contributed by atoms with E-state index in [-0.39, 0.29) is 29.1 Å². The molecule has 0 spiro atoms. The molecule has 194 valence electrons. The van der Waals surface area contributed by atoms with E-state index in [9.17, 15) is 18.4 Å². The summed E-state index contributed by atoms with van der Waals surface area (Å²) in [7, 11) is 4.61. The van der Waals surface area contributed by atoms with E-state index in [2.05, 4.69) is 9.73 Å². The molecule has 2 aromatic carbocycles. The lowest BCUT2D eigenvalue weighted by Crippen LogP contribution is -2.37. The molecular formula is C24H28ClF2N5O3S. The Balaban J connectivity index is 0.000000382. The van der Waals surface area contributed by atoms with E-state index in [1.165, 1.54) is 36.2 Å². The fourth-order valence-corrected chi connectivity index (χ4v) is 3.30. The Kier molecular flexibility index (Phi) is 10.5. The fraction of sp³-hybridized carbons (Fsp3) is 0.333. The second kappa shape index (κ2) is 13.1. The van der Waals surface area contributed by atoms with Crippen molar-refractivity contribution in [3.63, 3.8) is 0 Å². The van der Waals surface area contributed by atoms with Gasteiger partial charge in [-0.05, 0) is 35.4 Å². The Morgan fingerprint density at radius 3 is 2.22 bits per heavy atom. The number of nitrogens with two attached hydrogens (primary N) is 2. The summed E-state index contributed by atoms with van der Waals surface area (Å²) in [6.45, 7) is 0.0925. The molecule has 36 heavy (non-hydrogen) atoms. The largest absolute Gasteiger partial charge is 0.453 e. The van der Waals surface area contributed by atoms with Crippen LogP contribution in [-0.2, 0) is 16.1 Å². The number of benzene rings is 2. The lowest BCUT2D eigenvalue weighted by atomic mass is 10.1. The highest BCUT2D eigenvalue weighted by molar-refractivity contribution is 7.80. The monoisotopic (exact) mass is 539 g/mol. The number of rotatable bonds is 4. The van der Waals surface area contributed by atoms with E-state index in [1.54, 1.807) is 32.3 Å². The normalized spacial score (nSPS) is 15.6. The van der Waals surface area contributed by atoms with Gasteiger partial charge >= 0.3 is 6.09 Å². The van der Waals surface area contributed by atoms with Crippen LogP contribution in [-0.4, -0.2) is 54.0 Å². The SMILES string of the molecule is C1CC1.COC(=O)N(C)C.NC(=S)c1cc(CN2C(=O)C(c3cc(F)cc(F)c3)N=C2N)ccc1Cl. The van der Waals surface area contributed by atoms with Crippen molar-refractivity contribution in [3.05, 3.63) is 69.7 Å². The first-order valence-electron chi connectivity index (χ1n) is 10.9. The van der Waals surface area contributed by atoms with Crippen LogP contribution in [0.2, 0.25) is 5.02 Å². The highest BCUT2D eigenvalue weighted by atomic mass is 35.5. The molecule has 1 unspecified atom stereocenters. The molecule has 2 aromatic rings. The van der Waals surface area contributed by atoms with Gasteiger partial charge in [-0.1, -0.05) is 49.1 Å². The van der Waals surface area contributed by atoms with E-state index in [0.717, 1.165) is 18.2 Å². The lowest BCUT2D eigenvalue weighted by Gasteiger charge is -2.18. The van der Waals surface area contributed by atoms with Gasteiger partial charge in [0, 0.05) is 25.7 Å². The van der Waals surface area contributed by atoms with Crippen LogP contribution < -0.4 is 11.5 Å². The number of ether oxygens (including phenoxy) is 1. The van der Waals surface area contributed by atoms with Gasteiger partial charge < -0.3 is 21.1 Å². The van der Waals surface area contributed by atoms with Gasteiger partial charge in [-0.25, -0.2) is 18.6 Å². The number of halogens is 3. The molecule has 2 aliphatic rings. The van der Waals surface area contributed by atoms with Crippen LogP contribution in [0.3, 0.4) is 0 Å². The third-order valence-corrected chi connectivity index (χ3v) is 5.32. The minimum Gasteiger partial charge on any atom is -0.453 e. The number of guanidine groups is 1. The molecular weight excluding hydrogens is 512 g/mol. The van der Waals surface area contributed by atoms with E-state index in [1.807, 2.05) is 0 Å². The van der Waals surface area contributed by atoms with Crippen molar-refractivity contribution in [1.82, 2.24) is 9.80 Å². The third-order valence-electron chi connectivity index (χ3n) is 4.77. The number of hydrogen-bond donors (Lipinski definition) is 2. The quantitative estimate of drug-likeness (QED) is 0.565. The molecule has 1 heterocycles. The number of carbonyl (C=O) groups is 2. The van der Waals surface area contributed by atoms with E-state index < -0.39 is 23.6 Å². The summed E-state index contributed by atoms with van der Waals surface area (Å²) in [5.74, 6) is -2.12. The maximum atomic E-state index is 13.4. The zero-order chi connectivity index (χ0) is 27.0. The smallest absolute Gasteiger partial charge is 0.408 e. The third kappa shape index (κ3) is 8.42. The van der Waals surface area contributed by atoms with Crippen LogP contribution in [0.1, 0.15) is 42.0 Å². The van der Waals surface area contributed by atoms with Gasteiger partial charge in [0.2, 0.25) is 0 Å². The van der Waals surface area contributed by atoms with Crippen LogP contribution >= 0.6 is 23.8 Å². The molecule has 1 fully saturated rings. The van der Waals surface area contributed by atoms with Crippen molar-refractivity contribution in [2.75, 3.05) is 21.2 Å².